The van der Waals surface area contributed by atoms with E-state index in [0.717, 1.165) is 0 Å². The largest absolute Gasteiger partial charge is 0.317 e. The zero-order chi connectivity index (χ0) is 10.6. The molecular formula is C11H15F2N. The zero-order valence-electron chi connectivity index (χ0n) is 8.48. The van der Waals surface area contributed by atoms with E-state index in [1.165, 1.54) is 19.1 Å². The lowest BCUT2D eigenvalue weighted by molar-refractivity contribution is 0.188. The van der Waals surface area contributed by atoms with Gasteiger partial charge in [-0.25, -0.2) is 8.78 Å². The molecule has 1 atom stereocenters. The number of benzene rings is 1. The molecule has 0 aliphatic heterocycles. The van der Waals surface area contributed by atoms with Crippen LogP contribution in [0.25, 0.3) is 0 Å². The quantitative estimate of drug-likeness (QED) is 0.784. The SMILES string of the molecule is CNCC(C)(F)Cc1cccc(F)c1. The van der Waals surface area contributed by atoms with Gasteiger partial charge in [0, 0.05) is 13.0 Å². The Bertz CT molecular complexity index is 297. The first-order chi connectivity index (χ1) is 6.53. The maximum absolute atomic E-state index is 13.7. The third kappa shape index (κ3) is 3.42. The normalized spacial score (nSPS) is 15.1. The molecule has 0 fully saturated rings. The summed E-state index contributed by atoms with van der Waals surface area (Å²) >= 11 is 0. The van der Waals surface area contributed by atoms with E-state index in [2.05, 4.69) is 5.32 Å². The van der Waals surface area contributed by atoms with Crippen LogP contribution >= 0.6 is 0 Å². The fraction of sp³-hybridized carbons (Fsp3) is 0.455. The molecule has 0 radical (unpaired) electrons. The maximum Gasteiger partial charge on any atom is 0.124 e. The van der Waals surface area contributed by atoms with Crippen molar-refractivity contribution in [2.45, 2.75) is 19.0 Å². The lowest BCUT2D eigenvalue weighted by Crippen LogP contribution is -2.33. The lowest BCUT2D eigenvalue weighted by atomic mass is 9.98. The van der Waals surface area contributed by atoms with Gasteiger partial charge in [0.25, 0.3) is 0 Å². The van der Waals surface area contributed by atoms with Crippen LogP contribution in [0.5, 0.6) is 0 Å². The number of halogens is 2. The van der Waals surface area contributed by atoms with Crippen LogP contribution in [-0.4, -0.2) is 19.3 Å². The Kier molecular flexibility index (Phi) is 3.58. The minimum absolute atomic E-state index is 0.228. The molecule has 0 saturated carbocycles. The summed E-state index contributed by atoms with van der Waals surface area (Å²) in [7, 11) is 1.70. The Morgan fingerprint density at radius 2 is 2.14 bits per heavy atom. The van der Waals surface area contributed by atoms with Gasteiger partial charge >= 0.3 is 0 Å². The molecule has 3 heteroatoms. The molecule has 1 N–H and O–H groups in total. The van der Waals surface area contributed by atoms with E-state index in [-0.39, 0.29) is 18.8 Å². The van der Waals surface area contributed by atoms with Crippen molar-refractivity contribution in [3.8, 4) is 0 Å². The predicted octanol–water partition coefficient (Wildman–Crippen LogP) is 2.32. The summed E-state index contributed by atoms with van der Waals surface area (Å²) in [4.78, 5) is 0. The number of rotatable bonds is 4. The van der Waals surface area contributed by atoms with Crippen LogP contribution in [0.4, 0.5) is 8.78 Å². The van der Waals surface area contributed by atoms with Crippen LogP contribution in [0, 0.1) is 5.82 Å². The minimum atomic E-state index is -1.33. The predicted molar refractivity (Wildman–Crippen MR) is 53.5 cm³/mol. The van der Waals surface area contributed by atoms with Crippen molar-refractivity contribution in [2.75, 3.05) is 13.6 Å². The van der Waals surface area contributed by atoms with Gasteiger partial charge < -0.3 is 5.32 Å². The molecule has 1 aromatic rings. The number of nitrogens with one attached hydrogen (secondary N) is 1. The van der Waals surface area contributed by atoms with Gasteiger partial charge in [0.2, 0.25) is 0 Å². The van der Waals surface area contributed by atoms with E-state index in [9.17, 15) is 8.78 Å². The summed E-state index contributed by atoms with van der Waals surface area (Å²) in [5.74, 6) is -0.317. The smallest absolute Gasteiger partial charge is 0.124 e. The average Bonchev–Trinajstić information content (AvgIpc) is 2.02. The monoisotopic (exact) mass is 199 g/mol. The van der Waals surface area contributed by atoms with Crippen molar-refractivity contribution in [3.63, 3.8) is 0 Å². The van der Waals surface area contributed by atoms with Gasteiger partial charge in [0.15, 0.2) is 0 Å². The van der Waals surface area contributed by atoms with Crippen molar-refractivity contribution < 1.29 is 8.78 Å². The molecule has 0 heterocycles. The second-order valence-electron chi connectivity index (χ2n) is 3.75. The van der Waals surface area contributed by atoms with Gasteiger partial charge in [-0.15, -0.1) is 0 Å². The van der Waals surface area contributed by atoms with Gasteiger partial charge in [0.05, 0.1) is 0 Å². The van der Waals surface area contributed by atoms with Crippen LogP contribution < -0.4 is 5.32 Å². The molecule has 0 aromatic heterocycles. The van der Waals surface area contributed by atoms with E-state index in [4.69, 9.17) is 0 Å². The molecule has 1 rings (SSSR count). The van der Waals surface area contributed by atoms with E-state index in [1.807, 2.05) is 0 Å². The topological polar surface area (TPSA) is 12.0 Å². The van der Waals surface area contributed by atoms with E-state index >= 15 is 0 Å². The standard InChI is InChI=1S/C11H15F2N/c1-11(13,8-14-2)7-9-4-3-5-10(12)6-9/h3-6,14H,7-8H2,1-2H3. The molecule has 78 valence electrons. The molecule has 0 aliphatic rings. The minimum Gasteiger partial charge on any atom is -0.317 e. The van der Waals surface area contributed by atoms with Crippen LogP contribution in [0.2, 0.25) is 0 Å². The fourth-order valence-electron chi connectivity index (χ4n) is 1.50. The molecule has 0 spiro atoms. The Morgan fingerprint density at radius 1 is 1.43 bits per heavy atom. The van der Waals surface area contributed by atoms with Crippen LogP contribution in [0.1, 0.15) is 12.5 Å². The molecule has 0 saturated heterocycles. The highest BCUT2D eigenvalue weighted by atomic mass is 19.1. The fourth-order valence-corrected chi connectivity index (χ4v) is 1.50. The summed E-state index contributed by atoms with van der Waals surface area (Å²) in [6.07, 6.45) is 0.228. The molecule has 1 nitrogen and oxygen atoms in total. The first-order valence-corrected chi connectivity index (χ1v) is 4.61. The summed E-state index contributed by atoms with van der Waals surface area (Å²) in [5.41, 5.74) is -0.645. The first kappa shape index (κ1) is 11.1. The highest BCUT2D eigenvalue weighted by Crippen LogP contribution is 2.17. The van der Waals surface area contributed by atoms with Gasteiger partial charge in [-0.05, 0) is 31.7 Å². The van der Waals surface area contributed by atoms with Crippen molar-refractivity contribution in [3.05, 3.63) is 35.6 Å². The number of hydrogen-bond acceptors (Lipinski definition) is 1. The van der Waals surface area contributed by atoms with Crippen molar-refractivity contribution >= 4 is 0 Å². The highest BCUT2D eigenvalue weighted by Gasteiger charge is 2.22. The van der Waals surface area contributed by atoms with Crippen molar-refractivity contribution in [2.24, 2.45) is 0 Å². The van der Waals surface area contributed by atoms with Gasteiger partial charge in [-0.3, -0.25) is 0 Å². The van der Waals surface area contributed by atoms with Crippen molar-refractivity contribution in [1.29, 1.82) is 0 Å². The second kappa shape index (κ2) is 4.51. The third-order valence-corrected chi connectivity index (χ3v) is 2.01. The van der Waals surface area contributed by atoms with Crippen LogP contribution in [-0.2, 0) is 6.42 Å². The second-order valence-corrected chi connectivity index (χ2v) is 3.75. The Morgan fingerprint density at radius 3 is 2.71 bits per heavy atom. The van der Waals surface area contributed by atoms with Gasteiger partial charge in [0.1, 0.15) is 11.5 Å². The molecule has 1 aromatic carbocycles. The summed E-state index contributed by atoms with van der Waals surface area (Å²) in [6, 6.07) is 6.06. The molecule has 0 amide bonds. The number of hydrogen-bond donors (Lipinski definition) is 1. The Hall–Kier alpha value is -0.960. The average molecular weight is 199 g/mol. The van der Waals surface area contributed by atoms with Crippen LogP contribution in [0.15, 0.2) is 24.3 Å². The van der Waals surface area contributed by atoms with E-state index < -0.39 is 5.67 Å². The Labute approximate surface area is 83.1 Å². The summed E-state index contributed by atoms with van der Waals surface area (Å²) in [6.45, 7) is 1.78. The van der Waals surface area contributed by atoms with Gasteiger partial charge in [-0.1, -0.05) is 12.1 Å². The summed E-state index contributed by atoms with van der Waals surface area (Å²) < 4.78 is 26.5. The summed E-state index contributed by atoms with van der Waals surface area (Å²) in [5, 5.41) is 2.77. The molecule has 1 unspecified atom stereocenters. The Balaban J connectivity index is 2.68. The molecule has 0 bridgehead atoms. The maximum atomic E-state index is 13.7. The molecule has 0 aliphatic carbocycles. The molecule has 14 heavy (non-hydrogen) atoms. The number of alkyl halides is 1. The molecular weight excluding hydrogens is 184 g/mol. The van der Waals surface area contributed by atoms with Crippen LogP contribution in [0.3, 0.4) is 0 Å². The lowest BCUT2D eigenvalue weighted by Gasteiger charge is -2.19. The van der Waals surface area contributed by atoms with E-state index in [1.54, 1.807) is 19.2 Å². The third-order valence-electron chi connectivity index (χ3n) is 2.01. The van der Waals surface area contributed by atoms with Gasteiger partial charge in [-0.2, -0.15) is 0 Å². The van der Waals surface area contributed by atoms with E-state index in [0.29, 0.717) is 5.56 Å². The highest BCUT2D eigenvalue weighted by molar-refractivity contribution is 5.18. The zero-order valence-corrected chi connectivity index (χ0v) is 8.48. The first-order valence-electron chi connectivity index (χ1n) is 4.61. The van der Waals surface area contributed by atoms with Crippen molar-refractivity contribution in [1.82, 2.24) is 5.32 Å².